The Balaban J connectivity index is 2.38. The summed E-state index contributed by atoms with van der Waals surface area (Å²) in [5.41, 5.74) is 1.58. The van der Waals surface area contributed by atoms with Gasteiger partial charge in [0.05, 0.1) is 10.0 Å². The number of benzene rings is 2. The molecule has 1 N–H and O–H groups in total. The van der Waals surface area contributed by atoms with Crippen LogP contribution in [0.5, 0.6) is 5.75 Å². The van der Waals surface area contributed by atoms with E-state index in [1.165, 1.54) is 0 Å². The predicted molar refractivity (Wildman–Crippen MR) is 72.4 cm³/mol. The van der Waals surface area contributed by atoms with Crippen molar-refractivity contribution in [3.63, 3.8) is 0 Å². The van der Waals surface area contributed by atoms with Crippen LogP contribution >= 0.6 is 34.8 Å². The van der Waals surface area contributed by atoms with Crippen molar-refractivity contribution >= 4 is 34.8 Å². The molecule has 1 nitrogen and oxygen atoms in total. The molecule has 2 rings (SSSR count). The molecule has 4 heteroatoms. The third-order valence-electron chi connectivity index (χ3n) is 2.45. The molecule has 0 spiro atoms. The van der Waals surface area contributed by atoms with Crippen LogP contribution in [-0.4, -0.2) is 5.11 Å². The van der Waals surface area contributed by atoms with Gasteiger partial charge in [0.1, 0.15) is 5.75 Å². The summed E-state index contributed by atoms with van der Waals surface area (Å²) >= 11 is 17.9. The van der Waals surface area contributed by atoms with Crippen LogP contribution in [0.4, 0.5) is 0 Å². The van der Waals surface area contributed by atoms with Gasteiger partial charge in [0.25, 0.3) is 0 Å². The van der Waals surface area contributed by atoms with E-state index >= 15 is 0 Å². The molecule has 0 aliphatic carbocycles. The maximum absolute atomic E-state index is 9.72. The summed E-state index contributed by atoms with van der Waals surface area (Å²) in [5.74, 6) is 0.199. The van der Waals surface area contributed by atoms with Gasteiger partial charge in [-0.1, -0.05) is 46.9 Å². The lowest BCUT2D eigenvalue weighted by Crippen LogP contribution is -1.90. The van der Waals surface area contributed by atoms with E-state index in [0.717, 1.165) is 11.1 Å². The quantitative estimate of drug-likeness (QED) is 0.829. The van der Waals surface area contributed by atoms with E-state index in [0.29, 0.717) is 21.5 Å². The van der Waals surface area contributed by atoms with E-state index in [2.05, 4.69) is 0 Å². The summed E-state index contributed by atoms with van der Waals surface area (Å²) in [7, 11) is 0. The lowest BCUT2D eigenvalue weighted by atomic mass is 10.0. The van der Waals surface area contributed by atoms with Crippen molar-refractivity contribution in [1.29, 1.82) is 0 Å². The fourth-order valence-electron chi connectivity index (χ4n) is 1.59. The maximum atomic E-state index is 9.72. The van der Waals surface area contributed by atoms with Crippen LogP contribution in [-0.2, 0) is 6.42 Å². The number of rotatable bonds is 2. The number of hydrogen-bond donors (Lipinski definition) is 1. The molecule has 0 bridgehead atoms. The Labute approximate surface area is 115 Å². The van der Waals surface area contributed by atoms with Crippen molar-refractivity contribution in [3.8, 4) is 5.75 Å². The summed E-state index contributed by atoms with van der Waals surface area (Å²) in [6.07, 6.45) is 0.492. The Hall–Kier alpha value is -0.890. The van der Waals surface area contributed by atoms with Crippen LogP contribution in [0.1, 0.15) is 11.1 Å². The third-order valence-corrected chi connectivity index (χ3v) is 3.55. The van der Waals surface area contributed by atoms with Gasteiger partial charge in [0.2, 0.25) is 0 Å². The molecular formula is C13H9Cl3O. The molecule has 0 aliphatic heterocycles. The predicted octanol–water partition coefficient (Wildman–Crippen LogP) is 4.94. The van der Waals surface area contributed by atoms with Crippen molar-refractivity contribution < 1.29 is 5.11 Å². The molecule has 2 aromatic carbocycles. The number of aromatic hydroxyl groups is 1. The average Bonchev–Trinajstić information content (AvgIpc) is 2.30. The lowest BCUT2D eigenvalue weighted by molar-refractivity contribution is 0.469. The largest absolute Gasteiger partial charge is 0.508 e. The molecule has 88 valence electrons. The Kier molecular flexibility index (Phi) is 3.82. The van der Waals surface area contributed by atoms with Crippen LogP contribution in [0.2, 0.25) is 15.1 Å². The molecule has 0 aromatic heterocycles. The van der Waals surface area contributed by atoms with Crippen molar-refractivity contribution in [3.05, 3.63) is 62.6 Å². The minimum absolute atomic E-state index is 0.199. The molecule has 17 heavy (non-hydrogen) atoms. The molecule has 2 aromatic rings. The fraction of sp³-hybridized carbons (Fsp3) is 0.0769. The summed E-state index contributed by atoms with van der Waals surface area (Å²) in [6, 6.07) is 10.3. The first kappa shape index (κ1) is 12.6. The zero-order chi connectivity index (χ0) is 12.4. The molecule has 0 saturated carbocycles. The minimum atomic E-state index is 0.199. The molecule has 0 radical (unpaired) electrons. The van der Waals surface area contributed by atoms with E-state index in [1.54, 1.807) is 24.3 Å². The number of halogens is 3. The summed E-state index contributed by atoms with van der Waals surface area (Å²) < 4.78 is 0. The van der Waals surface area contributed by atoms with Gasteiger partial charge in [-0.2, -0.15) is 0 Å². The van der Waals surface area contributed by atoms with E-state index in [1.807, 2.05) is 12.1 Å². The summed E-state index contributed by atoms with van der Waals surface area (Å²) in [6.45, 7) is 0. The Morgan fingerprint density at radius 3 is 2.47 bits per heavy atom. The minimum Gasteiger partial charge on any atom is -0.508 e. The van der Waals surface area contributed by atoms with Crippen LogP contribution < -0.4 is 0 Å². The van der Waals surface area contributed by atoms with Gasteiger partial charge in [-0.05, 0) is 35.4 Å². The second-order valence-electron chi connectivity index (χ2n) is 3.66. The zero-order valence-electron chi connectivity index (χ0n) is 8.75. The SMILES string of the molecule is Oc1ccc(Cl)cc1Cc1cccc(Cl)c1Cl. The number of hydrogen-bond acceptors (Lipinski definition) is 1. The maximum Gasteiger partial charge on any atom is 0.119 e. The van der Waals surface area contributed by atoms with E-state index < -0.39 is 0 Å². The first-order valence-corrected chi connectivity index (χ1v) is 6.11. The summed E-state index contributed by atoms with van der Waals surface area (Å²) in [4.78, 5) is 0. The second-order valence-corrected chi connectivity index (χ2v) is 4.88. The first-order chi connectivity index (χ1) is 8.08. The molecule has 0 heterocycles. The summed E-state index contributed by atoms with van der Waals surface area (Å²) in [5, 5.41) is 11.3. The molecular weight excluding hydrogens is 279 g/mol. The van der Waals surface area contributed by atoms with E-state index in [-0.39, 0.29) is 5.75 Å². The Morgan fingerprint density at radius 2 is 1.71 bits per heavy atom. The second kappa shape index (κ2) is 5.18. The molecule has 0 atom stereocenters. The van der Waals surface area contributed by atoms with Gasteiger partial charge in [0, 0.05) is 11.4 Å². The molecule has 0 fully saturated rings. The highest BCUT2D eigenvalue weighted by Gasteiger charge is 2.08. The van der Waals surface area contributed by atoms with Crippen LogP contribution in [0.3, 0.4) is 0 Å². The van der Waals surface area contributed by atoms with Gasteiger partial charge in [0.15, 0.2) is 0 Å². The van der Waals surface area contributed by atoms with Gasteiger partial charge in [-0.15, -0.1) is 0 Å². The highest BCUT2D eigenvalue weighted by atomic mass is 35.5. The standard InChI is InChI=1S/C13H9Cl3O/c14-10-4-5-12(17)9(7-10)6-8-2-1-3-11(15)13(8)16/h1-5,7,17H,6H2. The van der Waals surface area contributed by atoms with E-state index in [9.17, 15) is 5.11 Å². The monoisotopic (exact) mass is 286 g/mol. The first-order valence-electron chi connectivity index (χ1n) is 4.98. The van der Waals surface area contributed by atoms with Crippen molar-refractivity contribution in [1.82, 2.24) is 0 Å². The van der Waals surface area contributed by atoms with Crippen molar-refractivity contribution in [2.24, 2.45) is 0 Å². The smallest absolute Gasteiger partial charge is 0.119 e. The van der Waals surface area contributed by atoms with Crippen LogP contribution in [0.15, 0.2) is 36.4 Å². The molecule has 0 amide bonds. The Morgan fingerprint density at radius 1 is 0.941 bits per heavy atom. The van der Waals surface area contributed by atoms with Gasteiger partial charge in [-0.25, -0.2) is 0 Å². The van der Waals surface area contributed by atoms with Gasteiger partial charge >= 0.3 is 0 Å². The molecule has 0 saturated heterocycles. The normalized spacial score (nSPS) is 10.5. The Bertz CT molecular complexity index is 552. The van der Waals surface area contributed by atoms with Gasteiger partial charge in [-0.3, -0.25) is 0 Å². The average molecular weight is 288 g/mol. The van der Waals surface area contributed by atoms with Crippen molar-refractivity contribution in [2.45, 2.75) is 6.42 Å². The highest BCUT2D eigenvalue weighted by Crippen LogP contribution is 2.30. The zero-order valence-corrected chi connectivity index (χ0v) is 11.0. The van der Waals surface area contributed by atoms with Crippen LogP contribution in [0, 0.1) is 0 Å². The molecule has 0 aliphatic rings. The molecule has 0 unspecified atom stereocenters. The van der Waals surface area contributed by atoms with E-state index in [4.69, 9.17) is 34.8 Å². The third kappa shape index (κ3) is 2.86. The van der Waals surface area contributed by atoms with Crippen LogP contribution in [0.25, 0.3) is 0 Å². The topological polar surface area (TPSA) is 20.2 Å². The van der Waals surface area contributed by atoms with Gasteiger partial charge < -0.3 is 5.11 Å². The lowest BCUT2D eigenvalue weighted by Gasteiger charge is -2.08. The highest BCUT2D eigenvalue weighted by molar-refractivity contribution is 6.42. The fourth-order valence-corrected chi connectivity index (χ4v) is 2.17. The van der Waals surface area contributed by atoms with Crippen molar-refractivity contribution in [2.75, 3.05) is 0 Å². The number of phenolic OH excluding ortho intramolecular Hbond substituents is 1. The number of phenols is 1.